The summed E-state index contributed by atoms with van der Waals surface area (Å²) in [5.41, 5.74) is 0.722. The molecule has 0 aliphatic rings. The zero-order chi connectivity index (χ0) is 15.2. The summed E-state index contributed by atoms with van der Waals surface area (Å²) in [5, 5.41) is 3.36. The molecule has 0 bridgehead atoms. The Bertz CT molecular complexity index is 422. The molecule has 3 heteroatoms. The Morgan fingerprint density at radius 2 is 1.70 bits per heavy atom. The van der Waals surface area contributed by atoms with Crippen LogP contribution in [0.3, 0.4) is 0 Å². The molecule has 0 spiro atoms. The van der Waals surface area contributed by atoms with E-state index in [1.165, 1.54) is 12.7 Å². The summed E-state index contributed by atoms with van der Waals surface area (Å²) in [4.78, 5) is 12.1. The van der Waals surface area contributed by atoms with Crippen molar-refractivity contribution in [3.63, 3.8) is 0 Å². The zero-order valence-corrected chi connectivity index (χ0v) is 13.3. The highest BCUT2D eigenvalue weighted by Crippen LogP contribution is 2.26. The van der Waals surface area contributed by atoms with Crippen LogP contribution in [-0.2, 0) is 16.1 Å². The number of hydrogen-bond donors (Lipinski definition) is 1. The van der Waals surface area contributed by atoms with Gasteiger partial charge in [0.15, 0.2) is 0 Å². The summed E-state index contributed by atoms with van der Waals surface area (Å²) < 4.78 is 4.97. The number of hydrogen-bond acceptors (Lipinski definition) is 3. The summed E-state index contributed by atoms with van der Waals surface area (Å²) in [6.07, 6.45) is 1.72. The van der Waals surface area contributed by atoms with E-state index in [-0.39, 0.29) is 11.4 Å². The molecule has 0 saturated carbocycles. The molecule has 0 aliphatic carbocycles. The molecule has 3 nitrogen and oxygen atoms in total. The number of carbonyl (C=O) groups is 1. The van der Waals surface area contributed by atoms with E-state index in [0.717, 1.165) is 12.8 Å². The van der Waals surface area contributed by atoms with Crippen molar-refractivity contribution in [1.82, 2.24) is 5.32 Å². The van der Waals surface area contributed by atoms with E-state index in [9.17, 15) is 4.79 Å². The monoisotopic (exact) mass is 277 g/mol. The number of esters is 1. The maximum absolute atomic E-state index is 12.1. The van der Waals surface area contributed by atoms with Gasteiger partial charge in [-0.15, -0.1) is 0 Å². The molecule has 1 atom stereocenters. The van der Waals surface area contributed by atoms with E-state index >= 15 is 0 Å². The van der Waals surface area contributed by atoms with Gasteiger partial charge >= 0.3 is 5.97 Å². The van der Waals surface area contributed by atoms with Gasteiger partial charge in [-0.3, -0.25) is 10.1 Å². The summed E-state index contributed by atoms with van der Waals surface area (Å²) in [6.45, 7) is 9.13. The van der Waals surface area contributed by atoms with Crippen molar-refractivity contribution >= 4 is 5.97 Å². The third-order valence-corrected chi connectivity index (χ3v) is 3.54. The molecule has 0 saturated heterocycles. The van der Waals surface area contributed by atoms with Crippen molar-refractivity contribution in [2.45, 2.75) is 52.6 Å². The Morgan fingerprint density at radius 1 is 1.10 bits per heavy atom. The van der Waals surface area contributed by atoms with Crippen LogP contribution in [0.1, 0.15) is 46.1 Å². The van der Waals surface area contributed by atoms with Gasteiger partial charge in [0.1, 0.15) is 5.54 Å². The molecule has 0 radical (unpaired) electrons. The van der Waals surface area contributed by atoms with E-state index in [0.29, 0.717) is 6.54 Å². The summed E-state index contributed by atoms with van der Waals surface area (Å²) in [7, 11) is 1.45. The molecule has 0 heterocycles. The van der Waals surface area contributed by atoms with Crippen LogP contribution in [0.5, 0.6) is 0 Å². The lowest BCUT2D eigenvalue weighted by Gasteiger charge is -2.31. The molecule has 0 aliphatic heterocycles. The molecule has 20 heavy (non-hydrogen) atoms. The third-order valence-electron chi connectivity index (χ3n) is 3.54. The third kappa shape index (κ3) is 5.33. The SMILES string of the molecule is COC(=O)C(C)(CCC(C)(C)C)NCc1ccccc1. The molecular formula is C17H27NO2. The Balaban J connectivity index is 2.70. The highest BCUT2D eigenvalue weighted by atomic mass is 16.5. The summed E-state index contributed by atoms with van der Waals surface area (Å²) in [5.74, 6) is -0.197. The first kappa shape index (κ1) is 16.7. The Labute approximate surface area is 122 Å². The van der Waals surface area contributed by atoms with Crippen LogP contribution < -0.4 is 5.32 Å². The molecule has 0 amide bonds. The van der Waals surface area contributed by atoms with E-state index < -0.39 is 5.54 Å². The second-order valence-electron chi connectivity index (χ2n) is 6.72. The van der Waals surface area contributed by atoms with Crippen molar-refractivity contribution in [2.24, 2.45) is 5.41 Å². The predicted molar refractivity (Wildman–Crippen MR) is 82.4 cm³/mol. The first-order valence-corrected chi connectivity index (χ1v) is 7.14. The Kier molecular flexibility index (Phi) is 5.75. The van der Waals surface area contributed by atoms with Crippen LogP contribution in [0, 0.1) is 5.41 Å². The standard InChI is InChI=1S/C17H27NO2/c1-16(2,3)11-12-17(4,15(19)20-5)18-13-14-9-7-6-8-10-14/h6-10,18H,11-13H2,1-5H3. The van der Waals surface area contributed by atoms with Crippen molar-refractivity contribution in [3.05, 3.63) is 35.9 Å². The average Bonchev–Trinajstić information content (AvgIpc) is 2.42. The first-order valence-electron chi connectivity index (χ1n) is 7.14. The number of rotatable bonds is 6. The van der Waals surface area contributed by atoms with E-state index in [1.807, 2.05) is 25.1 Å². The Morgan fingerprint density at radius 3 is 2.20 bits per heavy atom. The molecular weight excluding hydrogens is 250 g/mol. The minimum absolute atomic E-state index is 0.197. The van der Waals surface area contributed by atoms with Gasteiger partial charge in [0.05, 0.1) is 7.11 Å². The van der Waals surface area contributed by atoms with Gasteiger partial charge in [0, 0.05) is 6.54 Å². The molecule has 0 aromatic heterocycles. The van der Waals surface area contributed by atoms with Crippen LogP contribution in [0.2, 0.25) is 0 Å². The number of benzene rings is 1. The van der Waals surface area contributed by atoms with Gasteiger partial charge in [-0.25, -0.2) is 0 Å². The van der Waals surface area contributed by atoms with Crippen molar-refractivity contribution in [3.8, 4) is 0 Å². The van der Waals surface area contributed by atoms with Crippen molar-refractivity contribution in [1.29, 1.82) is 0 Å². The minimum atomic E-state index is -0.641. The number of methoxy groups -OCH3 is 1. The predicted octanol–water partition coefficient (Wildman–Crippen LogP) is 3.53. The van der Waals surface area contributed by atoms with Crippen molar-refractivity contribution < 1.29 is 9.53 Å². The van der Waals surface area contributed by atoms with Gasteiger partial charge in [-0.2, -0.15) is 0 Å². The first-order chi connectivity index (χ1) is 9.27. The van der Waals surface area contributed by atoms with Crippen LogP contribution in [-0.4, -0.2) is 18.6 Å². The second-order valence-corrected chi connectivity index (χ2v) is 6.72. The van der Waals surface area contributed by atoms with Crippen LogP contribution in [0.4, 0.5) is 0 Å². The van der Waals surface area contributed by atoms with Gasteiger partial charge < -0.3 is 4.74 Å². The minimum Gasteiger partial charge on any atom is -0.468 e. The van der Waals surface area contributed by atoms with Crippen molar-refractivity contribution in [2.75, 3.05) is 7.11 Å². The lowest BCUT2D eigenvalue weighted by molar-refractivity contribution is -0.148. The largest absolute Gasteiger partial charge is 0.468 e. The number of ether oxygens (including phenoxy) is 1. The second kappa shape index (κ2) is 6.89. The van der Waals surface area contributed by atoms with Gasteiger partial charge in [0.25, 0.3) is 0 Å². The fourth-order valence-corrected chi connectivity index (χ4v) is 2.01. The summed E-state index contributed by atoms with van der Waals surface area (Å²) in [6, 6.07) is 10.1. The van der Waals surface area contributed by atoms with Crippen LogP contribution in [0.15, 0.2) is 30.3 Å². The van der Waals surface area contributed by atoms with E-state index in [2.05, 4.69) is 38.2 Å². The van der Waals surface area contributed by atoms with E-state index in [1.54, 1.807) is 0 Å². The van der Waals surface area contributed by atoms with Gasteiger partial charge in [-0.1, -0.05) is 51.1 Å². The van der Waals surface area contributed by atoms with Crippen LogP contribution in [0.25, 0.3) is 0 Å². The maximum Gasteiger partial charge on any atom is 0.325 e. The molecule has 1 aromatic carbocycles. The normalized spacial score (nSPS) is 14.7. The molecule has 112 valence electrons. The highest BCUT2D eigenvalue weighted by molar-refractivity contribution is 5.80. The molecule has 1 aromatic rings. The lowest BCUT2D eigenvalue weighted by atomic mass is 9.84. The van der Waals surface area contributed by atoms with E-state index in [4.69, 9.17) is 4.74 Å². The molecule has 1 N–H and O–H groups in total. The average molecular weight is 277 g/mol. The number of nitrogens with one attached hydrogen (secondary N) is 1. The number of carbonyl (C=O) groups excluding carboxylic acids is 1. The quantitative estimate of drug-likeness (QED) is 0.808. The highest BCUT2D eigenvalue weighted by Gasteiger charge is 2.34. The molecule has 1 unspecified atom stereocenters. The molecule has 1 rings (SSSR count). The van der Waals surface area contributed by atoms with Gasteiger partial charge in [-0.05, 0) is 30.7 Å². The fourth-order valence-electron chi connectivity index (χ4n) is 2.01. The molecule has 0 fully saturated rings. The lowest BCUT2D eigenvalue weighted by Crippen LogP contribution is -2.50. The van der Waals surface area contributed by atoms with Crippen LogP contribution >= 0.6 is 0 Å². The fraction of sp³-hybridized carbons (Fsp3) is 0.588. The topological polar surface area (TPSA) is 38.3 Å². The maximum atomic E-state index is 12.1. The Hall–Kier alpha value is -1.35. The summed E-state index contributed by atoms with van der Waals surface area (Å²) >= 11 is 0. The van der Waals surface area contributed by atoms with Gasteiger partial charge in [0.2, 0.25) is 0 Å². The zero-order valence-electron chi connectivity index (χ0n) is 13.3. The smallest absolute Gasteiger partial charge is 0.325 e.